The fourth-order valence-electron chi connectivity index (χ4n) is 3.71. The van der Waals surface area contributed by atoms with Gasteiger partial charge in [-0.25, -0.2) is 9.98 Å². The van der Waals surface area contributed by atoms with Crippen LogP contribution in [0.3, 0.4) is 0 Å². The Kier molecular flexibility index (Phi) is 4.07. The number of nitrogens with one attached hydrogen (secondary N) is 2. The van der Waals surface area contributed by atoms with Crippen molar-refractivity contribution < 1.29 is 13.9 Å². The lowest BCUT2D eigenvalue weighted by Gasteiger charge is -2.34. The highest BCUT2D eigenvalue weighted by Crippen LogP contribution is 2.38. The van der Waals surface area contributed by atoms with Gasteiger partial charge < -0.3 is 24.5 Å². The van der Waals surface area contributed by atoms with Gasteiger partial charge in [0.25, 0.3) is 0 Å². The van der Waals surface area contributed by atoms with E-state index in [9.17, 15) is 0 Å². The SMILES string of the molecule is CC1(C2=NCCO2)C=C(C2=NCCO2)c2cc(NCc3ccco3)ccc2N1. The third kappa shape index (κ3) is 3.02. The number of ether oxygens (including phenoxy) is 2. The molecule has 1 atom stereocenters. The standard InChI is InChI=1S/C21H22N4O3/c1-21(20-23-7-10-28-20)12-17(19-22-6-9-27-19)16-11-14(4-5-18(16)25-21)24-13-15-3-2-8-26-15/h2-5,8,11-12,24-25H,6-7,9-10,13H2,1H3. The molecule has 1 aromatic carbocycles. The molecule has 0 bridgehead atoms. The van der Waals surface area contributed by atoms with Gasteiger partial charge in [-0.1, -0.05) is 0 Å². The van der Waals surface area contributed by atoms with Gasteiger partial charge in [0, 0.05) is 22.5 Å². The Labute approximate surface area is 163 Å². The highest BCUT2D eigenvalue weighted by atomic mass is 16.5. The van der Waals surface area contributed by atoms with Gasteiger partial charge in [0.2, 0.25) is 11.8 Å². The van der Waals surface area contributed by atoms with Gasteiger partial charge in [-0.05, 0) is 43.3 Å². The summed E-state index contributed by atoms with van der Waals surface area (Å²) in [5, 5.41) is 6.98. The van der Waals surface area contributed by atoms with E-state index in [2.05, 4.69) is 45.8 Å². The second kappa shape index (κ2) is 6.74. The Balaban J connectivity index is 1.50. The molecule has 3 aliphatic rings. The van der Waals surface area contributed by atoms with E-state index in [0.29, 0.717) is 44.6 Å². The minimum Gasteiger partial charge on any atom is -0.477 e. The van der Waals surface area contributed by atoms with E-state index < -0.39 is 5.54 Å². The van der Waals surface area contributed by atoms with Crippen molar-refractivity contribution in [1.29, 1.82) is 0 Å². The predicted molar refractivity (Wildman–Crippen MR) is 109 cm³/mol. The number of hydrogen-bond donors (Lipinski definition) is 2. The number of hydrogen-bond acceptors (Lipinski definition) is 7. The van der Waals surface area contributed by atoms with Crippen molar-refractivity contribution in [3.8, 4) is 0 Å². The molecule has 0 saturated carbocycles. The van der Waals surface area contributed by atoms with Gasteiger partial charge in [0.1, 0.15) is 24.5 Å². The van der Waals surface area contributed by atoms with E-state index in [1.54, 1.807) is 6.26 Å². The topological polar surface area (TPSA) is 80.4 Å². The molecule has 7 heteroatoms. The zero-order chi connectivity index (χ0) is 19.0. The summed E-state index contributed by atoms with van der Waals surface area (Å²) < 4.78 is 17.0. The lowest BCUT2D eigenvalue weighted by Crippen LogP contribution is -2.44. The number of benzene rings is 1. The summed E-state index contributed by atoms with van der Waals surface area (Å²) in [4.78, 5) is 9.07. The number of rotatable bonds is 5. The molecule has 0 saturated heterocycles. The van der Waals surface area contributed by atoms with E-state index in [0.717, 1.165) is 28.3 Å². The number of aliphatic imine (C=N–C) groups is 2. The first-order valence-corrected chi connectivity index (χ1v) is 9.48. The van der Waals surface area contributed by atoms with Gasteiger partial charge in [-0.3, -0.25) is 0 Å². The molecule has 28 heavy (non-hydrogen) atoms. The van der Waals surface area contributed by atoms with E-state index >= 15 is 0 Å². The first kappa shape index (κ1) is 16.9. The molecule has 0 spiro atoms. The molecular weight excluding hydrogens is 356 g/mol. The van der Waals surface area contributed by atoms with Gasteiger partial charge in [-0.2, -0.15) is 0 Å². The van der Waals surface area contributed by atoms with E-state index in [1.807, 2.05) is 18.2 Å². The molecule has 5 rings (SSSR count). The monoisotopic (exact) mass is 378 g/mol. The molecule has 4 heterocycles. The van der Waals surface area contributed by atoms with Crippen LogP contribution in [0.15, 0.2) is 57.1 Å². The van der Waals surface area contributed by atoms with Crippen LogP contribution in [0.2, 0.25) is 0 Å². The Morgan fingerprint density at radius 1 is 1.14 bits per heavy atom. The van der Waals surface area contributed by atoms with Crippen LogP contribution in [0, 0.1) is 0 Å². The fraction of sp³-hybridized carbons (Fsp3) is 0.333. The summed E-state index contributed by atoms with van der Waals surface area (Å²) in [6, 6.07) is 10.1. The zero-order valence-corrected chi connectivity index (χ0v) is 15.7. The molecule has 0 aliphatic carbocycles. The Bertz CT molecular complexity index is 978. The number of anilines is 2. The largest absolute Gasteiger partial charge is 0.477 e. The first-order chi connectivity index (χ1) is 13.7. The average molecular weight is 378 g/mol. The molecule has 2 aromatic rings. The Morgan fingerprint density at radius 3 is 2.79 bits per heavy atom. The van der Waals surface area contributed by atoms with E-state index in [1.165, 1.54) is 0 Å². The van der Waals surface area contributed by atoms with Gasteiger partial charge in [-0.15, -0.1) is 0 Å². The summed E-state index contributed by atoms with van der Waals surface area (Å²) in [6.45, 7) is 5.29. The van der Waals surface area contributed by atoms with Crippen molar-refractivity contribution in [2.45, 2.75) is 19.0 Å². The molecule has 2 N–H and O–H groups in total. The van der Waals surface area contributed by atoms with E-state index in [4.69, 9.17) is 13.9 Å². The summed E-state index contributed by atoms with van der Waals surface area (Å²) in [5.74, 6) is 2.27. The molecule has 0 amide bonds. The van der Waals surface area contributed by atoms with E-state index in [-0.39, 0.29) is 0 Å². The fourth-order valence-corrected chi connectivity index (χ4v) is 3.71. The lowest BCUT2D eigenvalue weighted by atomic mass is 9.88. The number of furan rings is 1. The highest BCUT2D eigenvalue weighted by Gasteiger charge is 2.38. The third-order valence-corrected chi connectivity index (χ3v) is 5.03. The second-order valence-corrected chi connectivity index (χ2v) is 7.15. The van der Waals surface area contributed by atoms with Crippen molar-refractivity contribution in [1.82, 2.24) is 0 Å². The Morgan fingerprint density at radius 2 is 2.04 bits per heavy atom. The molecule has 7 nitrogen and oxygen atoms in total. The van der Waals surface area contributed by atoms with Crippen LogP contribution in [0.1, 0.15) is 18.2 Å². The lowest BCUT2D eigenvalue weighted by molar-refractivity contribution is 0.328. The van der Waals surface area contributed by atoms with Crippen molar-refractivity contribution >= 4 is 28.7 Å². The summed E-state index contributed by atoms with van der Waals surface area (Å²) >= 11 is 0. The molecule has 1 aromatic heterocycles. The molecule has 0 fully saturated rings. The average Bonchev–Trinajstić information content (AvgIpc) is 3.49. The van der Waals surface area contributed by atoms with Crippen LogP contribution in [0.25, 0.3) is 5.57 Å². The maximum Gasteiger partial charge on any atom is 0.216 e. The van der Waals surface area contributed by atoms with Crippen LogP contribution < -0.4 is 10.6 Å². The highest BCUT2D eigenvalue weighted by molar-refractivity contribution is 6.24. The molecule has 144 valence electrons. The van der Waals surface area contributed by atoms with Crippen LogP contribution in [-0.4, -0.2) is 43.6 Å². The summed E-state index contributed by atoms with van der Waals surface area (Å²) in [6.07, 6.45) is 3.79. The maximum absolute atomic E-state index is 5.80. The minimum atomic E-state index is -0.531. The van der Waals surface area contributed by atoms with Crippen LogP contribution in [0.5, 0.6) is 0 Å². The van der Waals surface area contributed by atoms with Crippen molar-refractivity contribution in [3.63, 3.8) is 0 Å². The second-order valence-electron chi connectivity index (χ2n) is 7.15. The normalized spacial score (nSPS) is 23.0. The van der Waals surface area contributed by atoms with Crippen LogP contribution >= 0.6 is 0 Å². The Hall–Kier alpha value is -3.22. The minimum absolute atomic E-state index is 0.531. The van der Waals surface area contributed by atoms with Crippen molar-refractivity contribution in [2.24, 2.45) is 9.98 Å². The zero-order valence-electron chi connectivity index (χ0n) is 15.7. The smallest absolute Gasteiger partial charge is 0.216 e. The van der Waals surface area contributed by atoms with Gasteiger partial charge in [0.15, 0.2) is 0 Å². The molecule has 0 radical (unpaired) electrons. The molecule has 3 aliphatic heterocycles. The summed E-state index contributed by atoms with van der Waals surface area (Å²) in [5.41, 5.74) is 3.48. The van der Waals surface area contributed by atoms with Gasteiger partial charge >= 0.3 is 0 Å². The predicted octanol–water partition coefficient (Wildman–Crippen LogP) is 3.32. The van der Waals surface area contributed by atoms with Crippen LogP contribution in [-0.2, 0) is 16.0 Å². The maximum atomic E-state index is 5.80. The van der Waals surface area contributed by atoms with Crippen molar-refractivity contribution in [2.75, 3.05) is 36.9 Å². The number of nitrogens with zero attached hydrogens (tertiary/aromatic N) is 2. The molecule has 1 unspecified atom stereocenters. The van der Waals surface area contributed by atoms with Crippen LogP contribution in [0.4, 0.5) is 11.4 Å². The van der Waals surface area contributed by atoms with Crippen molar-refractivity contribution in [3.05, 3.63) is 54.0 Å². The number of fused-ring (bicyclic) bond motifs is 1. The summed E-state index contributed by atoms with van der Waals surface area (Å²) in [7, 11) is 0. The first-order valence-electron chi connectivity index (χ1n) is 9.48. The van der Waals surface area contributed by atoms with Gasteiger partial charge in [0.05, 0.1) is 25.9 Å². The molecular formula is C21H22N4O3. The third-order valence-electron chi connectivity index (χ3n) is 5.03. The quantitative estimate of drug-likeness (QED) is 0.834.